The molecule has 0 atom stereocenters. The quantitative estimate of drug-likeness (QED) is 0.765. The summed E-state index contributed by atoms with van der Waals surface area (Å²) < 4.78 is 8.01. The zero-order valence-electron chi connectivity index (χ0n) is 12.5. The van der Waals surface area contributed by atoms with Gasteiger partial charge in [0, 0.05) is 4.47 Å². The minimum absolute atomic E-state index is 0.189. The number of esters is 1. The van der Waals surface area contributed by atoms with E-state index in [-0.39, 0.29) is 11.9 Å². The second kappa shape index (κ2) is 6.89. The fraction of sp³-hybridized carbons (Fsp3) is 0.375. The summed E-state index contributed by atoms with van der Waals surface area (Å²) in [5.41, 5.74) is 2.58. The average molecular weight is 351 g/mol. The highest BCUT2D eigenvalue weighted by molar-refractivity contribution is 9.10. The lowest BCUT2D eigenvalue weighted by atomic mass is 10.1. The number of hydrogen-bond donors (Lipinski definition) is 0. The summed E-state index contributed by atoms with van der Waals surface area (Å²) in [6, 6.07) is 8.01. The van der Waals surface area contributed by atoms with Gasteiger partial charge in [0.15, 0.2) is 0 Å². The summed E-state index contributed by atoms with van der Waals surface area (Å²) in [7, 11) is 0. The normalized spacial score (nSPS) is 10.9. The highest BCUT2D eigenvalue weighted by atomic mass is 79.9. The van der Waals surface area contributed by atoms with E-state index in [4.69, 9.17) is 4.74 Å². The second-order valence-corrected chi connectivity index (χ2v) is 5.92. The Kier molecular flexibility index (Phi) is 5.17. The second-order valence-electron chi connectivity index (χ2n) is 5.07. The standard InChI is InChI=1S/C16H19BrN2O2/c1-4-21-16(20)13-9-18-19(15(13)11(2)3)10-12-7-5-6-8-14(12)17/h5-9,11H,4,10H2,1-3H3. The molecular weight excluding hydrogens is 332 g/mol. The molecule has 1 aromatic carbocycles. The molecule has 0 aliphatic heterocycles. The number of hydrogen-bond acceptors (Lipinski definition) is 3. The van der Waals surface area contributed by atoms with E-state index in [1.54, 1.807) is 13.1 Å². The molecule has 5 heteroatoms. The molecule has 1 aromatic heterocycles. The Bertz CT molecular complexity index is 635. The summed E-state index contributed by atoms with van der Waals surface area (Å²) in [6.07, 6.45) is 1.60. The molecular formula is C16H19BrN2O2. The number of carbonyl (C=O) groups is 1. The van der Waals surface area contributed by atoms with Gasteiger partial charge in [0.1, 0.15) is 5.56 Å². The maximum atomic E-state index is 12.0. The molecule has 112 valence electrons. The van der Waals surface area contributed by atoms with Crippen molar-refractivity contribution in [3.8, 4) is 0 Å². The lowest BCUT2D eigenvalue weighted by molar-refractivity contribution is 0.0524. The van der Waals surface area contributed by atoms with Crippen LogP contribution in [0.25, 0.3) is 0 Å². The summed E-state index contributed by atoms with van der Waals surface area (Å²) in [4.78, 5) is 12.0. The van der Waals surface area contributed by atoms with Crippen molar-refractivity contribution in [3.05, 3.63) is 51.8 Å². The summed E-state index contributed by atoms with van der Waals surface area (Å²) in [5.74, 6) is -0.117. The minimum atomic E-state index is -0.306. The number of aromatic nitrogens is 2. The smallest absolute Gasteiger partial charge is 0.341 e. The molecule has 0 aliphatic carbocycles. The molecule has 0 saturated carbocycles. The Morgan fingerprint density at radius 1 is 1.38 bits per heavy atom. The number of rotatable bonds is 5. The fourth-order valence-corrected chi connectivity index (χ4v) is 2.69. The Balaban J connectivity index is 2.36. The first-order valence-electron chi connectivity index (χ1n) is 7.00. The van der Waals surface area contributed by atoms with Crippen molar-refractivity contribution in [2.45, 2.75) is 33.2 Å². The van der Waals surface area contributed by atoms with Gasteiger partial charge in [-0.1, -0.05) is 48.0 Å². The van der Waals surface area contributed by atoms with Crippen molar-refractivity contribution in [1.82, 2.24) is 9.78 Å². The Morgan fingerprint density at radius 2 is 2.10 bits per heavy atom. The van der Waals surface area contributed by atoms with Crippen molar-refractivity contribution in [2.75, 3.05) is 6.61 Å². The summed E-state index contributed by atoms with van der Waals surface area (Å²) in [6.45, 7) is 6.89. The van der Waals surface area contributed by atoms with Crippen molar-refractivity contribution in [1.29, 1.82) is 0 Å². The molecule has 0 spiro atoms. The van der Waals surface area contributed by atoms with Gasteiger partial charge in [0.05, 0.1) is 25.0 Å². The van der Waals surface area contributed by atoms with Crippen LogP contribution in [0.5, 0.6) is 0 Å². The van der Waals surface area contributed by atoms with Crippen LogP contribution in [0.2, 0.25) is 0 Å². The van der Waals surface area contributed by atoms with E-state index in [0.29, 0.717) is 18.7 Å². The lowest BCUT2D eigenvalue weighted by Gasteiger charge is -2.13. The molecule has 1 heterocycles. The number of carbonyl (C=O) groups excluding carboxylic acids is 1. The SMILES string of the molecule is CCOC(=O)c1cnn(Cc2ccccc2Br)c1C(C)C. The first-order valence-corrected chi connectivity index (χ1v) is 7.80. The lowest BCUT2D eigenvalue weighted by Crippen LogP contribution is -2.12. The van der Waals surface area contributed by atoms with E-state index in [1.807, 2.05) is 28.9 Å². The van der Waals surface area contributed by atoms with Crippen LogP contribution in [-0.4, -0.2) is 22.4 Å². The van der Waals surface area contributed by atoms with Gasteiger partial charge >= 0.3 is 5.97 Å². The van der Waals surface area contributed by atoms with Gasteiger partial charge in [0.25, 0.3) is 0 Å². The maximum Gasteiger partial charge on any atom is 0.341 e. The van der Waals surface area contributed by atoms with Crippen molar-refractivity contribution >= 4 is 21.9 Å². The van der Waals surface area contributed by atoms with Gasteiger partial charge in [-0.25, -0.2) is 4.79 Å². The molecule has 0 aliphatic rings. The number of nitrogens with zero attached hydrogens (tertiary/aromatic N) is 2. The highest BCUT2D eigenvalue weighted by Crippen LogP contribution is 2.23. The van der Waals surface area contributed by atoms with Gasteiger partial charge in [-0.05, 0) is 24.5 Å². The molecule has 21 heavy (non-hydrogen) atoms. The summed E-state index contributed by atoms with van der Waals surface area (Å²) in [5, 5.41) is 4.37. The van der Waals surface area contributed by atoms with Crippen LogP contribution in [0.4, 0.5) is 0 Å². The molecule has 0 N–H and O–H groups in total. The van der Waals surface area contributed by atoms with Crippen LogP contribution in [0.3, 0.4) is 0 Å². The van der Waals surface area contributed by atoms with Gasteiger partial charge in [-0.2, -0.15) is 5.10 Å². The molecule has 0 unspecified atom stereocenters. The third-order valence-electron chi connectivity index (χ3n) is 3.20. The number of halogens is 1. The molecule has 0 bridgehead atoms. The van der Waals surface area contributed by atoms with Crippen LogP contribution < -0.4 is 0 Å². The van der Waals surface area contributed by atoms with Crippen LogP contribution in [0.15, 0.2) is 34.9 Å². The molecule has 2 aromatic rings. The summed E-state index contributed by atoms with van der Waals surface area (Å²) >= 11 is 3.54. The van der Waals surface area contributed by atoms with E-state index in [0.717, 1.165) is 15.7 Å². The minimum Gasteiger partial charge on any atom is -0.462 e. The van der Waals surface area contributed by atoms with Crippen LogP contribution in [0, 0.1) is 0 Å². The highest BCUT2D eigenvalue weighted by Gasteiger charge is 2.21. The predicted octanol–water partition coefficient (Wildman–Crippen LogP) is 3.99. The first kappa shape index (κ1) is 15.8. The Labute approximate surface area is 133 Å². The van der Waals surface area contributed by atoms with E-state index in [9.17, 15) is 4.79 Å². The van der Waals surface area contributed by atoms with Gasteiger partial charge < -0.3 is 4.74 Å². The zero-order chi connectivity index (χ0) is 15.4. The van der Waals surface area contributed by atoms with Gasteiger partial charge in [0.2, 0.25) is 0 Å². The van der Waals surface area contributed by atoms with E-state index in [1.165, 1.54) is 0 Å². The van der Waals surface area contributed by atoms with Crippen molar-refractivity contribution < 1.29 is 9.53 Å². The number of benzene rings is 1. The fourth-order valence-electron chi connectivity index (χ4n) is 2.28. The van der Waals surface area contributed by atoms with Gasteiger partial charge in [-0.15, -0.1) is 0 Å². The van der Waals surface area contributed by atoms with Crippen LogP contribution >= 0.6 is 15.9 Å². The van der Waals surface area contributed by atoms with Gasteiger partial charge in [-0.3, -0.25) is 4.68 Å². The van der Waals surface area contributed by atoms with E-state index in [2.05, 4.69) is 34.9 Å². The van der Waals surface area contributed by atoms with E-state index >= 15 is 0 Å². The van der Waals surface area contributed by atoms with Crippen LogP contribution in [-0.2, 0) is 11.3 Å². The molecule has 0 amide bonds. The molecule has 2 rings (SSSR count). The molecule has 4 nitrogen and oxygen atoms in total. The third kappa shape index (κ3) is 3.53. The largest absolute Gasteiger partial charge is 0.462 e. The molecule has 0 radical (unpaired) electrons. The topological polar surface area (TPSA) is 44.1 Å². The Hall–Kier alpha value is -1.62. The third-order valence-corrected chi connectivity index (χ3v) is 3.97. The monoisotopic (exact) mass is 350 g/mol. The maximum absolute atomic E-state index is 12.0. The Morgan fingerprint density at radius 3 is 2.71 bits per heavy atom. The van der Waals surface area contributed by atoms with E-state index < -0.39 is 0 Å². The van der Waals surface area contributed by atoms with Crippen molar-refractivity contribution in [3.63, 3.8) is 0 Å². The van der Waals surface area contributed by atoms with Crippen molar-refractivity contribution in [2.24, 2.45) is 0 Å². The number of ether oxygens (including phenoxy) is 1. The zero-order valence-corrected chi connectivity index (χ0v) is 14.1. The molecule has 0 fully saturated rings. The predicted molar refractivity (Wildman–Crippen MR) is 85.5 cm³/mol. The average Bonchev–Trinajstić information content (AvgIpc) is 2.85. The first-order chi connectivity index (χ1) is 10.0. The van der Waals surface area contributed by atoms with Crippen LogP contribution in [0.1, 0.15) is 48.3 Å². The molecule has 0 saturated heterocycles.